The van der Waals surface area contributed by atoms with E-state index in [1.54, 1.807) is 7.11 Å². The van der Waals surface area contributed by atoms with Gasteiger partial charge in [-0.2, -0.15) is 0 Å². The van der Waals surface area contributed by atoms with E-state index in [0.717, 1.165) is 39.8 Å². The van der Waals surface area contributed by atoms with Crippen molar-refractivity contribution in [2.24, 2.45) is 0 Å². The Morgan fingerprint density at radius 3 is 2.75 bits per heavy atom. The van der Waals surface area contributed by atoms with Crippen LogP contribution in [0.4, 0.5) is 11.4 Å². The van der Waals surface area contributed by atoms with Gasteiger partial charge in [-0.1, -0.05) is 30.3 Å². The maximum Gasteiger partial charge on any atom is 0.0711 e. The van der Waals surface area contributed by atoms with Crippen LogP contribution in [0, 0.1) is 6.42 Å². The number of nitrogen functional groups attached to an aromatic ring is 1. The van der Waals surface area contributed by atoms with Gasteiger partial charge in [-0.15, -0.1) is 6.58 Å². The molecule has 0 aliphatic carbocycles. The molecule has 0 saturated heterocycles. The lowest BCUT2D eigenvalue weighted by molar-refractivity contribution is 0.271. The third-order valence-corrected chi connectivity index (χ3v) is 3.79. The molecule has 0 atom stereocenters. The minimum absolute atomic E-state index is 0.683. The van der Waals surface area contributed by atoms with E-state index in [9.17, 15) is 0 Å². The Kier molecular flexibility index (Phi) is 4.77. The fourth-order valence-electron chi connectivity index (χ4n) is 2.72. The quantitative estimate of drug-likeness (QED) is 0.396. The number of hydrogen-bond donors (Lipinski definition) is 2. The molecule has 0 saturated carbocycles. The lowest BCUT2D eigenvalue weighted by Crippen LogP contribution is -1.99. The highest BCUT2D eigenvalue weighted by Crippen LogP contribution is 2.34. The summed E-state index contributed by atoms with van der Waals surface area (Å²) < 4.78 is 0. The summed E-state index contributed by atoms with van der Waals surface area (Å²) in [5, 5.41) is 1.08. The molecule has 0 aliphatic rings. The Morgan fingerprint density at radius 1 is 1.17 bits per heavy atom. The van der Waals surface area contributed by atoms with Crippen LogP contribution in [0.15, 0.2) is 61.2 Å². The fourth-order valence-corrected chi connectivity index (χ4v) is 2.72. The van der Waals surface area contributed by atoms with Crippen LogP contribution in [0.2, 0.25) is 0 Å². The zero-order valence-corrected chi connectivity index (χ0v) is 13.6. The van der Waals surface area contributed by atoms with Crippen LogP contribution in [0.3, 0.4) is 0 Å². The summed E-state index contributed by atoms with van der Waals surface area (Å²) in [6, 6.07) is 16.0. The van der Waals surface area contributed by atoms with Gasteiger partial charge in [0.2, 0.25) is 0 Å². The molecule has 121 valence electrons. The lowest BCUT2D eigenvalue weighted by atomic mass is 9.97. The average molecular weight is 318 g/mol. The van der Waals surface area contributed by atoms with Gasteiger partial charge in [0.05, 0.1) is 18.3 Å². The van der Waals surface area contributed by atoms with E-state index < -0.39 is 0 Å². The number of fused-ring (bicyclic) bond motifs is 1. The van der Waals surface area contributed by atoms with E-state index in [2.05, 4.69) is 30.6 Å². The van der Waals surface area contributed by atoms with Crippen molar-refractivity contribution in [1.82, 2.24) is 4.98 Å². The molecule has 3 rings (SSSR count). The Hall–Kier alpha value is -2.85. The molecule has 0 spiro atoms. The number of para-hydroxylation sites is 1. The fraction of sp³-hybridized carbons (Fsp3) is 0.100. The maximum atomic E-state index is 6.28. The van der Waals surface area contributed by atoms with Crippen molar-refractivity contribution in [3.8, 4) is 11.1 Å². The lowest BCUT2D eigenvalue weighted by Gasteiger charge is -2.13. The molecule has 2 aromatic carbocycles. The first-order valence-corrected chi connectivity index (χ1v) is 7.75. The van der Waals surface area contributed by atoms with Gasteiger partial charge in [-0.25, -0.2) is 0 Å². The molecule has 3 aromatic rings. The first kappa shape index (κ1) is 16.0. The normalized spacial score (nSPS) is 10.7. The van der Waals surface area contributed by atoms with E-state index >= 15 is 0 Å². The number of benzene rings is 2. The van der Waals surface area contributed by atoms with Gasteiger partial charge < -0.3 is 5.73 Å². The monoisotopic (exact) mass is 318 g/mol. The van der Waals surface area contributed by atoms with Gasteiger partial charge in [-0.05, 0) is 36.2 Å². The van der Waals surface area contributed by atoms with Crippen molar-refractivity contribution >= 4 is 22.3 Å². The Balaban J connectivity index is 2.15. The molecule has 0 amide bonds. The van der Waals surface area contributed by atoms with Crippen LogP contribution in [0.5, 0.6) is 0 Å². The second kappa shape index (κ2) is 7.15. The largest absolute Gasteiger partial charge is 0.398 e. The molecule has 1 heterocycles. The van der Waals surface area contributed by atoms with Crippen LogP contribution in [0.25, 0.3) is 22.0 Å². The third kappa shape index (κ3) is 3.24. The second-order valence-corrected chi connectivity index (χ2v) is 5.45. The predicted molar refractivity (Wildman–Crippen MR) is 100 cm³/mol. The van der Waals surface area contributed by atoms with E-state index in [-0.39, 0.29) is 0 Å². The number of allylic oxidation sites excluding steroid dienone is 1. The van der Waals surface area contributed by atoms with Gasteiger partial charge in [0.15, 0.2) is 0 Å². The zero-order chi connectivity index (χ0) is 16.9. The standard InChI is InChI=1S/C20H20N3O/c1-3-4-7-14-12-18(17-8-5-6-9-20(17)22-14)16-11-10-15(23-24-2)13-19(16)21/h3,5-13,23H,1,4,21H2,2H3. The molecular formula is C20H20N3O. The van der Waals surface area contributed by atoms with Crippen LogP contribution >= 0.6 is 0 Å². The molecule has 4 nitrogen and oxygen atoms in total. The van der Waals surface area contributed by atoms with Gasteiger partial charge >= 0.3 is 0 Å². The van der Waals surface area contributed by atoms with Gasteiger partial charge in [0.25, 0.3) is 0 Å². The van der Waals surface area contributed by atoms with Crippen LogP contribution < -0.4 is 11.2 Å². The maximum absolute atomic E-state index is 6.28. The van der Waals surface area contributed by atoms with E-state index in [1.165, 1.54) is 0 Å². The van der Waals surface area contributed by atoms with E-state index in [0.29, 0.717) is 5.69 Å². The van der Waals surface area contributed by atoms with Crippen molar-refractivity contribution in [3.63, 3.8) is 0 Å². The van der Waals surface area contributed by atoms with E-state index in [4.69, 9.17) is 15.6 Å². The number of hydrogen-bond acceptors (Lipinski definition) is 4. The Labute approximate surface area is 141 Å². The third-order valence-electron chi connectivity index (χ3n) is 3.79. The van der Waals surface area contributed by atoms with Crippen LogP contribution in [-0.2, 0) is 4.84 Å². The molecule has 0 unspecified atom stereocenters. The summed E-state index contributed by atoms with van der Waals surface area (Å²) in [6.45, 7) is 3.76. The van der Waals surface area contributed by atoms with Crippen molar-refractivity contribution < 1.29 is 4.84 Å². The Morgan fingerprint density at radius 2 is 2.00 bits per heavy atom. The topological polar surface area (TPSA) is 60.2 Å². The molecular weight excluding hydrogens is 298 g/mol. The zero-order valence-electron chi connectivity index (χ0n) is 13.6. The van der Waals surface area contributed by atoms with Crippen LogP contribution in [0.1, 0.15) is 12.1 Å². The molecule has 4 heteroatoms. The van der Waals surface area contributed by atoms with Crippen LogP contribution in [-0.4, -0.2) is 12.1 Å². The van der Waals surface area contributed by atoms with Gasteiger partial charge in [0.1, 0.15) is 0 Å². The first-order chi connectivity index (χ1) is 11.7. The van der Waals surface area contributed by atoms with Crippen molar-refractivity contribution in [3.05, 3.63) is 73.3 Å². The molecule has 1 aromatic heterocycles. The molecule has 1 radical (unpaired) electrons. The molecule has 0 fully saturated rings. The highest BCUT2D eigenvalue weighted by molar-refractivity contribution is 5.98. The molecule has 0 bridgehead atoms. The molecule has 3 N–H and O–H groups in total. The van der Waals surface area contributed by atoms with Gasteiger partial charge in [0, 0.05) is 28.8 Å². The summed E-state index contributed by atoms with van der Waals surface area (Å²) in [4.78, 5) is 9.63. The smallest absolute Gasteiger partial charge is 0.0711 e. The van der Waals surface area contributed by atoms with Crippen molar-refractivity contribution in [2.75, 3.05) is 18.3 Å². The van der Waals surface area contributed by atoms with E-state index in [1.807, 2.05) is 42.5 Å². The number of nitrogens with one attached hydrogen (secondary N) is 1. The number of nitrogens with two attached hydrogens (primary N) is 1. The van der Waals surface area contributed by atoms with Crippen molar-refractivity contribution in [2.45, 2.75) is 6.42 Å². The highest BCUT2D eigenvalue weighted by Gasteiger charge is 2.11. The Bertz CT molecular complexity index is 874. The van der Waals surface area contributed by atoms with Gasteiger partial charge in [-0.3, -0.25) is 15.3 Å². The number of rotatable bonds is 6. The minimum Gasteiger partial charge on any atom is -0.398 e. The average Bonchev–Trinajstić information content (AvgIpc) is 2.60. The number of pyridine rings is 1. The summed E-state index contributed by atoms with van der Waals surface area (Å²) >= 11 is 0. The summed E-state index contributed by atoms with van der Waals surface area (Å²) in [6.07, 6.45) is 4.69. The summed E-state index contributed by atoms with van der Waals surface area (Å²) in [5.74, 6) is 0. The minimum atomic E-state index is 0.683. The number of anilines is 2. The second-order valence-electron chi connectivity index (χ2n) is 5.45. The summed E-state index contributed by atoms with van der Waals surface area (Å²) in [7, 11) is 1.57. The van der Waals surface area contributed by atoms with Crippen molar-refractivity contribution in [1.29, 1.82) is 0 Å². The SMILES string of the molecule is C=CC[CH]c1cc(-c2ccc(NOC)cc2N)c2ccccc2n1. The molecule has 24 heavy (non-hydrogen) atoms. The number of aromatic nitrogens is 1. The summed E-state index contributed by atoms with van der Waals surface area (Å²) in [5.41, 5.74) is 14.5. The first-order valence-electron chi connectivity index (χ1n) is 7.75. The predicted octanol–water partition coefficient (Wildman–Crippen LogP) is 4.59. The molecule has 0 aliphatic heterocycles. The highest BCUT2D eigenvalue weighted by atomic mass is 16.6. The number of nitrogens with zero attached hydrogens (tertiary/aromatic N) is 1.